The number of aromatic carboxylic acids is 1. The van der Waals surface area contributed by atoms with Crippen LogP contribution in [0.5, 0.6) is 0 Å². The fraction of sp³-hybridized carbons (Fsp3) is 0.267. The van der Waals surface area contributed by atoms with Crippen LogP contribution in [0.4, 0.5) is 0 Å². The van der Waals surface area contributed by atoms with Crippen LogP contribution in [0.1, 0.15) is 40.4 Å². The van der Waals surface area contributed by atoms with Crippen molar-refractivity contribution in [3.8, 4) is 0 Å². The summed E-state index contributed by atoms with van der Waals surface area (Å²) >= 11 is 0. The Labute approximate surface area is 111 Å². The minimum absolute atomic E-state index is 0.00133. The second-order valence-corrected chi connectivity index (χ2v) is 4.86. The van der Waals surface area contributed by atoms with E-state index in [9.17, 15) is 4.79 Å². The zero-order valence-electron chi connectivity index (χ0n) is 10.7. The number of benzene rings is 1. The van der Waals surface area contributed by atoms with E-state index in [-0.39, 0.29) is 11.8 Å². The highest BCUT2D eigenvalue weighted by Crippen LogP contribution is 2.31. The van der Waals surface area contributed by atoms with Gasteiger partial charge in [0.2, 0.25) is 5.76 Å². The molecule has 2 aromatic rings. The highest BCUT2D eigenvalue weighted by molar-refractivity contribution is 5.84. The second-order valence-electron chi connectivity index (χ2n) is 4.86. The van der Waals surface area contributed by atoms with Crippen molar-refractivity contribution in [3.63, 3.8) is 0 Å². The van der Waals surface area contributed by atoms with Gasteiger partial charge in [-0.25, -0.2) is 4.79 Å². The number of hydrogen-bond acceptors (Lipinski definition) is 3. The van der Waals surface area contributed by atoms with E-state index in [1.807, 2.05) is 19.1 Å². The van der Waals surface area contributed by atoms with Crippen LogP contribution in [0.15, 0.2) is 40.8 Å². The summed E-state index contributed by atoms with van der Waals surface area (Å²) in [5, 5.41) is 8.88. The molecule has 0 fully saturated rings. The average molecular weight is 257 g/mol. The molecule has 1 aromatic heterocycles. The summed E-state index contributed by atoms with van der Waals surface area (Å²) in [5.41, 5.74) is 2.67. The van der Waals surface area contributed by atoms with Crippen LogP contribution in [0.3, 0.4) is 0 Å². The van der Waals surface area contributed by atoms with Gasteiger partial charge in [0.05, 0.1) is 6.04 Å². The fourth-order valence-electron chi connectivity index (χ4n) is 2.51. The first-order valence-corrected chi connectivity index (χ1v) is 6.29. The first-order chi connectivity index (χ1) is 9.15. The van der Waals surface area contributed by atoms with Gasteiger partial charge in [0.1, 0.15) is 5.76 Å². The van der Waals surface area contributed by atoms with Gasteiger partial charge in [-0.1, -0.05) is 24.3 Å². The Balaban J connectivity index is 1.79. The number of carboxylic acids is 1. The van der Waals surface area contributed by atoms with Crippen molar-refractivity contribution in [2.45, 2.75) is 26.1 Å². The van der Waals surface area contributed by atoms with E-state index in [2.05, 4.69) is 17.0 Å². The van der Waals surface area contributed by atoms with Crippen LogP contribution >= 0.6 is 0 Å². The lowest BCUT2D eigenvalue weighted by atomic mass is 10.1. The van der Waals surface area contributed by atoms with Crippen LogP contribution in [0.2, 0.25) is 0 Å². The number of rotatable bonds is 3. The van der Waals surface area contributed by atoms with Crippen LogP contribution < -0.4 is 0 Å². The van der Waals surface area contributed by atoms with E-state index in [0.717, 1.165) is 13.1 Å². The van der Waals surface area contributed by atoms with Gasteiger partial charge in [0.15, 0.2) is 0 Å². The number of hydrogen-bond donors (Lipinski definition) is 1. The molecule has 4 nitrogen and oxygen atoms in total. The molecule has 1 N–H and O–H groups in total. The van der Waals surface area contributed by atoms with Crippen molar-refractivity contribution in [2.24, 2.45) is 0 Å². The Morgan fingerprint density at radius 2 is 1.84 bits per heavy atom. The predicted molar refractivity (Wildman–Crippen MR) is 69.8 cm³/mol. The van der Waals surface area contributed by atoms with Gasteiger partial charge in [0, 0.05) is 13.1 Å². The topological polar surface area (TPSA) is 53.7 Å². The lowest BCUT2D eigenvalue weighted by Gasteiger charge is -2.21. The van der Waals surface area contributed by atoms with Crippen molar-refractivity contribution in [1.29, 1.82) is 0 Å². The molecule has 1 atom stereocenters. The minimum Gasteiger partial charge on any atom is -0.475 e. The molecule has 0 radical (unpaired) electrons. The van der Waals surface area contributed by atoms with Crippen LogP contribution in [0.25, 0.3) is 0 Å². The predicted octanol–water partition coefficient (Wildman–Crippen LogP) is 3.05. The highest BCUT2D eigenvalue weighted by Gasteiger charge is 2.26. The number of nitrogens with zero attached hydrogens (tertiary/aromatic N) is 1. The molecular formula is C15H15NO3. The molecule has 0 saturated carbocycles. The van der Waals surface area contributed by atoms with Gasteiger partial charge >= 0.3 is 5.97 Å². The molecule has 0 aliphatic carbocycles. The highest BCUT2D eigenvalue weighted by atomic mass is 16.4. The Kier molecular flexibility index (Phi) is 2.87. The number of furan rings is 1. The monoisotopic (exact) mass is 257 g/mol. The van der Waals surface area contributed by atoms with Crippen molar-refractivity contribution in [2.75, 3.05) is 0 Å². The SMILES string of the molecule is CC(c1ccc(C(=O)O)o1)N1Cc2ccccc2C1. The molecular weight excluding hydrogens is 242 g/mol. The molecule has 1 aliphatic heterocycles. The second kappa shape index (κ2) is 4.55. The Morgan fingerprint density at radius 1 is 1.21 bits per heavy atom. The van der Waals surface area contributed by atoms with E-state index < -0.39 is 5.97 Å². The summed E-state index contributed by atoms with van der Waals surface area (Å²) in [7, 11) is 0. The minimum atomic E-state index is -1.02. The quantitative estimate of drug-likeness (QED) is 0.918. The van der Waals surface area contributed by atoms with Crippen LogP contribution in [-0.4, -0.2) is 16.0 Å². The fourth-order valence-corrected chi connectivity index (χ4v) is 2.51. The summed E-state index contributed by atoms with van der Waals surface area (Å²) in [6, 6.07) is 11.7. The Morgan fingerprint density at radius 3 is 2.37 bits per heavy atom. The van der Waals surface area contributed by atoms with Gasteiger partial charge in [-0.3, -0.25) is 4.90 Å². The van der Waals surface area contributed by atoms with Crippen molar-refractivity contribution < 1.29 is 14.3 Å². The molecule has 1 unspecified atom stereocenters. The molecule has 0 bridgehead atoms. The van der Waals surface area contributed by atoms with Crippen LogP contribution in [0, 0.1) is 0 Å². The normalized spacial score (nSPS) is 16.3. The third-order valence-electron chi connectivity index (χ3n) is 3.66. The van der Waals surface area contributed by atoms with E-state index in [0.29, 0.717) is 5.76 Å². The average Bonchev–Trinajstić information content (AvgIpc) is 3.04. The zero-order chi connectivity index (χ0) is 13.4. The maximum atomic E-state index is 10.8. The summed E-state index contributed by atoms with van der Waals surface area (Å²) < 4.78 is 5.38. The molecule has 19 heavy (non-hydrogen) atoms. The van der Waals surface area contributed by atoms with Gasteiger partial charge in [0.25, 0.3) is 0 Å². The lowest BCUT2D eigenvalue weighted by Crippen LogP contribution is -2.20. The molecule has 2 heterocycles. The van der Waals surface area contributed by atoms with Crippen molar-refractivity contribution >= 4 is 5.97 Å². The van der Waals surface area contributed by atoms with Crippen LogP contribution in [-0.2, 0) is 13.1 Å². The largest absolute Gasteiger partial charge is 0.475 e. The number of fused-ring (bicyclic) bond motifs is 1. The molecule has 0 amide bonds. The molecule has 1 aromatic carbocycles. The lowest BCUT2D eigenvalue weighted by molar-refractivity contribution is 0.0655. The molecule has 98 valence electrons. The summed E-state index contributed by atoms with van der Waals surface area (Å²) in [4.78, 5) is 13.1. The Bertz CT molecular complexity index is 592. The van der Waals surface area contributed by atoms with E-state index >= 15 is 0 Å². The third kappa shape index (κ3) is 2.15. The molecule has 3 rings (SSSR count). The van der Waals surface area contributed by atoms with Gasteiger partial charge in [-0.2, -0.15) is 0 Å². The van der Waals surface area contributed by atoms with Gasteiger partial charge < -0.3 is 9.52 Å². The summed E-state index contributed by atoms with van der Waals surface area (Å²) in [5.74, 6) is -0.327. The number of carboxylic acid groups (broad SMARTS) is 1. The Hall–Kier alpha value is -2.07. The van der Waals surface area contributed by atoms with Gasteiger partial charge in [-0.15, -0.1) is 0 Å². The molecule has 4 heteroatoms. The zero-order valence-corrected chi connectivity index (χ0v) is 10.7. The van der Waals surface area contributed by atoms with Gasteiger partial charge in [-0.05, 0) is 30.2 Å². The van der Waals surface area contributed by atoms with E-state index in [4.69, 9.17) is 9.52 Å². The molecule has 1 aliphatic rings. The van der Waals surface area contributed by atoms with Crippen molar-refractivity contribution in [1.82, 2.24) is 4.90 Å². The first kappa shape index (κ1) is 12.0. The van der Waals surface area contributed by atoms with E-state index in [1.54, 1.807) is 6.07 Å². The smallest absolute Gasteiger partial charge is 0.371 e. The molecule has 0 saturated heterocycles. The van der Waals surface area contributed by atoms with E-state index in [1.165, 1.54) is 17.2 Å². The maximum Gasteiger partial charge on any atom is 0.371 e. The number of carbonyl (C=O) groups is 1. The van der Waals surface area contributed by atoms with Crippen molar-refractivity contribution in [3.05, 3.63) is 59.0 Å². The third-order valence-corrected chi connectivity index (χ3v) is 3.66. The standard InChI is InChI=1S/C15H15NO3/c1-10(13-6-7-14(19-13)15(17)18)16-8-11-4-2-3-5-12(11)9-16/h2-7,10H,8-9H2,1H3,(H,17,18). The maximum absolute atomic E-state index is 10.8. The summed E-state index contributed by atoms with van der Waals surface area (Å²) in [6.07, 6.45) is 0. The molecule has 0 spiro atoms. The summed E-state index contributed by atoms with van der Waals surface area (Å²) in [6.45, 7) is 3.79. The first-order valence-electron chi connectivity index (χ1n) is 6.29.